The number of hydrogen-bond acceptors (Lipinski definition) is 2. The van der Waals surface area contributed by atoms with Crippen LogP contribution in [0.25, 0.3) is 11.0 Å². The zero-order valence-corrected chi connectivity index (χ0v) is 9.87. The molecule has 0 unspecified atom stereocenters. The van der Waals surface area contributed by atoms with E-state index in [2.05, 4.69) is 4.98 Å². The number of aromatic amines is 1. The standard InChI is InChI=1S/C12H17N3O/c1-12(2,13)7-8-4-5-10-9(6-8)14-11(16)15(10)3/h4-6H,7,13H2,1-3H3,(H,14,16). The lowest BCUT2D eigenvalue weighted by Gasteiger charge is -2.18. The topological polar surface area (TPSA) is 63.8 Å². The Kier molecular flexibility index (Phi) is 2.39. The van der Waals surface area contributed by atoms with Gasteiger partial charge in [-0.15, -0.1) is 0 Å². The van der Waals surface area contributed by atoms with E-state index in [0.717, 1.165) is 23.0 Å². The summed E-state index contributed by atoms with van der Waals surface area (Å²) in [5.74, 6) is 0. The first kappa shape index (κ1) is 11.0. The molecule has 0 fully saturated rings. The lowest BCUT2D eigenvalue weighted by Crippen LogP contribution is -2.34. The van der Waals surface area contributed by atoms with Crippen molar-refractivity contribution in [3.05, 3.63) is 34.2 Å². The minimum absolute atomic E-state index is 0.0841. The molecule has 0 atom stereocenters. The molecule has 4 nitrogen and oxygen atoms in total. The van der Waals surface area contributed by atoms with Crippen molar-refractivity contribution in [2.45, 2.75) is 25.8 Å². The van der Waals surface area contributed by atoms with Gasteiger partial charge in [-0.05, 0) is 38.0 Å². The van der Waals surface area contributed by atoms with Gasteiger partial charge in [0.2, 0.25) is 0 Å². The number of nitrogens with one attached hydrogen (secondary N) is 1. The highest BCUT2D eigenvalue weighted by atomic mass is 16.1. The van der Waals surface area contributed by atoms with E-state index >= 15 is 0 Å². The highest BCUT2D eigenvalue weighted by Crippen LogP contribution is 2.15. The molecule has 4 heteroatoms. The Balaban J connectivity index is 2.49. The maximum absolute atomic E-state index is 11.4. The average Bonchev–Trinajstić information content (AvgIpc) is 2.40. The van der Waals surface area contributed by atoms with E-state index < -0.39 is 0 Å². The van der Waals surface area contributed by atoms with Gasteiger partial charge in [-0.3, -0.25) is 4.57 Å². The predicted octanol–water partition coefficient (Wildman–Crippen LogP) is 1.15. The number of rotatable bonds is 2. The second-order valence-corrected chi connectivity index (χ2v) is 5.01. The van der Waals surface area contributed by atoms with E-state index in [9.17, 15) is 4.79 Å². The van der Waals surface area contributed by atoms with Crippen molar-refractivity contribution in [3.8, 4) is 0 Å². The zero-order chi connectivity index (χ0) is 11.9. The summed E-state index contributed by atoms with van der Waals surface area (Å²) in [4.78, 5) is 14.2. The van der Waals surface area contributed by atoms with E-state index in [1.54, 1.807) is 11.6 Å². The Bertz CT molecular complexity index is 572. The monoisotopic (exact) mass is 219 g/mol. The van der Waals surface area contributed by atoms with Crippen LogP contribution in [-0.4, -0.2) is 15.1 Å². The third kappa shape index (κ3) is 2.02. The van der Waals surface area contributed by atoms with Gasteiger partial charge in [-0.2, -0.15) is 0 Å². The summed E-state index contributed by atoms with van der Waals surface area (Å²) in [5.41, 5.74) is 8.58. The molecule has 0 bridgehead atoms. The highest BCUT2D eigenvalue weighted by molar-refractivity contribution is 5.75. The number of nitrogens with zero attached hydrogens (tertiary/aromatic N) is 1. The van der Waals surface area contributed by atoms with Crippen molar-refractivity contribution in [2.75, 3.05) is 0 Å². The fraction of sp³-hybridized carbons (Fsp3) is 0.417. The first-order chi connectivity index (χ1) is 7.37. The smallest absolute Gasteiger partial charge is 0.325 e. The molecule has 2 rings (SSSR count). The summed E-state index contributed by atoms with van der Waals surface area (Å²) in [6.07, 6.45) is 0.792. The Morgan fingerprint density at radius 2 is 2.12 bits per heavy atom. The molecule has 1 aromatic carbocycles. The molecule has 16 heavy (non-hydrogen) atoms. The van der Waals surface area contributed by atoms with E-state index in [1.165, 1.54) is 0 Å². The molecule has 0 amide bonds. The molecule has 0 aliphatic heterocycles. The van der Waals surface area contributed by atoms with Crippen molar-refractivity contribution < 1.29 is 0 Å². The summed E-state index contributed by atoms with van der Waals surface area (Å²) >= 11 is 0. The van der Waals surface area contributed by atoms with Crippen molar-refractivity contribution in [3.63, 3.8) is 0 Å². The normalized spacial score (nSPS) is 12.2. The number of hydrogen-bond donors (Lipinski definition) is 2. The Labute approximate surface area is 94.1 Å². The van der Waals surface area contributed by atoms with Crippen LogP contribution in [0.3, 0.4) is 0 Å². The fourth-order valence-electron chi connectivity index (χ4n) is 1.92. The maximum atomic E-state index is 11.4. The van der Waals surface area contributed by atoms with Crippen molar-refractivity contribution in [1.82, 2.24) is 9.55 Å². The molecular weight excluding hydrogens is 202 g/mol. The highest BCUT2D eigenvalue weighted by Gasteiger charge is 2.12. The molecule has 1 heterocycles. The van der Waals surface area contributed by atoms with E-state index in [0.29, 0.717) is 0 Å². The molecule has 0 saturated carbocycles. The van der Waals surface area contributed by atoms with E-state index in [1.807, 2.05) is 32.0 Å². The van der Waals surface area contributed by atoms with Crippen LogP contribution in [0.5, 0.6) is 0 Å². The molecular formula is C12H17N3O. The van der Waals surface area contributed by atoms with Crippen LogP contribution >= 0.6 is 0 Å². The number of benzene rings is 1. The first-order valence-electron chi connectivity index (χ1n) is 5.33. The van der Waals surface area contributed by atoms with Gasteiger partial charge in [0.05, 0.1) is 11.0 Å². The molecule has 2 aromatic rings. The molecule has 0 aliphatic carbocycles. The van der Waals surface area contributed by atoms with Gasteiger partial charge in [0.25, 0.3) is 0 Å². The second-order valence-electron chi connectivity index (χ2n) is 5.01. The third-order valence-electron chi connectivity index (χ3n) is 2.63. The molecule has 0 radical (unpaired) electrons. The van der Waals surface area contributed by atoms with E-state index in [-0.39, 0.29) is 11.2 Å². The fourth-order valence-corrected chi connectivity index (χ4v) is 1.92. The lowest BCUT2D eigenvalue weighted by atomic mass is 9.96. The molecule has 3 N–H and O–H groups in total. The molecule has 0 saturated heterocycles. The summed E-state index contributed by atoms with van der Waals surface area (Å²) < 4.78 is 1.60. The van der Waals surface area contributed by atoms with Gasteiger partial charge in [0.1, 0.15) is 0 Å². The minimum atomic E-state index is -0.233. The number of fused-ring (bicyclic) bond motifs is 1. The summed E-state index contributed by atoms with van der Waals surface area (Å²) in [5, 5.41) is 0. The number of H-pyrrole nitrogens is 1. The van der Waals surface area contributed by atoms with Crippen LogP contribution in [0, 0.1) is 0 Å². The number of imidazole rings is 1. The maximum Gasteiger partial charge on any atom is 0.326 e. The van der Waals surface area contributed by atoms with Crippen LogP contribution in [0.4, 0.5) is 0 Å². The van der Waals surface area contributed by atoms with Gasteiger partial charge in [-0.1, -0.05) is 6.07 Å². The van der Waals surface area contributed by atoms with Crippen molar-refractivity contribution in [1.29, 1.82) is 0 Å². The number of nitrogens with two attached hydrogens (primary N) is 1. The van der Waals surface area contributed by atoms with Crippen molar-refractivity contribution in [2.24, 2.45) is 12.8 Å². The average molecular weight is 219 g/mol. The Morgan fingerprint density at radius 1 is 1.44 bits per heavy atom. The summed E-state index contributed by atoms with van der Waals surface area (Å²) in [6.45, 7) is 3.98. The first-order valence-corrected chi connectivity index (χ1v) is 5.33. The zero-order valence-electron chi connectivity index (χ0n) is 9.87. The molecule has 0 spiro atoms. The van der Waals surface area contributed by atoms with Gasteiger partial charge in [0.15, 0.2) is 0 Å². The summed E-state index contributed by atoms with van der Waals surface area (Å²) in [6, 6.07) is 5.96. The SMILES string of the molecule is Cn1c(=O)[nH]c2cc(CC(C)(C)N)ccc21. The quantitative estimate of drug-likeness (QED) is 0.795. The molecule has 1 aromatic heterocycles. The van der Waals surface area contributed by atoms with Gasteiger partial charge in [0, 0.05) is 12.6 Å². The van der Waals surface area contributed by atoms with Crippen LogP contribution in [0.1, 0.15) is 19.4 Å². The lowest BCUT2D eigenvalue weighted by molar-refractivity contribution is 0.517. The molecule has 86 valence electrons. The Morgan fingerprint density at radius 3 is 2.75 bits per heavy atom. The van der Waals surface area contributed by atoms with Crippen molar-refractivity contribution >= 4 is 11.0 Å². The summed E-state index contributed by atoms with van der Waals surface area (Å²) in [7, 11) is 1.76. The third-order valence-corrected chi connectivity index (χ3v) is 2.63. The largest absolute Gasteiger partial charge is 0.326 e. The second kappa shape index (κ2) is 3.49. The molecule has 0 aliphatic rings. The predicted molar refractivity (Wildman–Crippen MR) is 65.5 cm³/mol. The van der Waals surface area contributed by atoms with Crippen LogP contribution in [0.15, 0.2) is 23.0 Å². The van der Waals surface area contributed by atoms with Gasteiger partial charge < -0.3 is 10.7 Å². The van der Waals surface area contributed by atoms with Crippen LogP contribution in [0.2, 0.25) is 0 Å². The Hall–Kier alpha value is -1.55. The van der Waals surface area contributed by atoms with Crippen LogP contribution in [-0.2, 0) is 13.5 Å². The van der Waals surface area contributed by atoms with Gasteiger partial charge in [-0.25, -0.2) is 4.79 Å². The minimum Gasteiger partial charge on any atom is -0.325 e. The number of aryl methyl sites for hydroxylation is 1. The van der Waals surface area contributed by atoms with E-state index in [4.69, 9.17) is 5.73 Å². The van der Waals surface area contributed by atoms with Crippen LogP contribution < -0.4 is 11.4 Å². The van der Waals surface area contributed by atoms with Gasteiger partial charge >= 0.3 is 5.69 Å². The number of aromatic nitrogens is 2.